The highest BCUT2D eigenvalue weighted by molar-refractivity contribution is 7.18. The van der Waals surface area contributed by atoms with E-state index in [0.717, 1.165) is 16.8 Å². The van der Waals surface area contributed by atoms with E-state index in [9.17, 15) is 4.79 Å². The van der Waals surface area contributed by atoms with Gasteiger partial charge in [0.25, 0.3) is 5.56 Å². The van der Waals surface area contributed by atoms with E-state index in [1.807, 2.05) is 19.9 Å². The minimum atomic E-state index is -0.0639. The highest BCUT2D eigenvalue weighted by Gasteiger charge is 2.06. The molecule has 2 aromatic rings. The van der Waals surface area contributed by atoms with Crippen LogP contribution in [0.5, 0.6) is 0 Å². The van der Waals surface area contributed by atoms with Crippen molar-refractivity contribution < 1.29 is 4.74 Å². The number of fused-ring (bicyclic) bond motifs is 1. The average Bonchev–Trinajstić information content (AvgIpc) is 2.61. The number of hydrogen-bond donors (Lipinski definition) is 1. The van der Waals surface area contributed by atoms with Crippen molar-refractivity contribution in [3.63, 3.8) is 0 Å². The molecule has 86 valence electrons. The van der Waals surface area contributed by atoms with E-state index in [0.29, 0.717) is 11.3 Å². The molecule has 0 bridgehead atoms. The molecule has 0 spiro atoms. The molecule has 0 aliphatic rings. The van der Waals surface area contributed by atoms with Crippen molar-refractivity contribution in [2.24, 2.45) is 0 Å². The van der Waals surface area contributed by atoms with Gasteiger partial charge in [-0.25, -0.2) is 4.98 Å². The number of hydrogen-bond acceptors (Lipinski definition) is 4. The fourth-order valence-electron chi connectivity index (χ4n) is 1.43. The topological polar surface area (TPSA) is 55.0 Å². The van der Waals surface area contributed by atoms with Crippen LogP contribution < -0.4 is 5.56 Å². The molecule has 0 aromatic carbocycles. The van der Waals surface area contributed by atoms with E-state index in [2.05, 4.69) is 9.97 Å². The lowest BCUT2D eigenvalue weighted by Crippen LogP contribution is -2.05. The summed E-state index contributed by atoms with van der Waals surface area (Å²) in [4.78, 5) is 19.3. The molecule has 0 atom stereocenters. The van der Waals surface area contributed by atoms with Crippen molar-refractivity contribution in [2.45, 2.75) is 26.4 Å². The summed E-state index contributed by atoms with van der Waals surface area (Å²) in [6, 6.07) is 1.96. The third-order valence-electron chi connectivity index (χ3n) is 2.17. The van der Waals surface area contributed by atoms with Crippen LogP contribution in [0.25, 0.3) is 10.2 Å². The maximum absolute atomic E-state index is 11.5. The lowest BCUT2D eigenvalue weighted by molar-refractivity contribution is 0.0817. The number of nitrogens with zero attached hydrogens (tertiary/aromatic N) is 1. The summed E-state index contributed by atoms with van der Waals surface area (Å²) >= 11 is 1.49. The average molecular weight is 238 g/mol. The number of aromatic amines is 1. The first kappa shape index (κ1) is 11.3. The molecule has 16 heavy (non-hydrogen) atoms. The van der Waals surface area contributed by atoms with Crippen molar-refractivity contribution in [3.8, 4) is 0 Å². The summed E-state index contributed by atoms with van der Waals surface area (Å²) in [6.07, 6.45) is 2.51. The van der Waals surface area contributed by atoms with Gasteiger partial charge in [-0.05, 0) is 19.9 Å². The van der Waals surface area contributed by atoms with E-state index in [4.69, 9.17) is 4.74 Å². The van der Waals surface area contributed by atoms with Crippen LogP contribution in [0.15, 0.2) is 17.2 Å². The quantitative estimate of drug-likeness (QED) is 0.885. The Kier molecular flexibility index (Phi) is 3.36. The highest BCUT2D eigenvalue weighted by Crippen LogP contribution is 2.20. The van der Waals surface area contributed by atoms with Crippen LogP contribution in [-0.2, 0) is 11.2 Å². The Morgan fingerprint density at radius 1 is 1.56 bits per heavy atom. The summed E-state index contributed by atoms with van der Waals surface area (Å²) in [5, 5.41) is 0. The third-order valence-corrected chi connectivity index (χ3v) is 3.35. The molecule has 0 fully saturated rings. The van der Waals surface area contributed by atoms with Gasteiger partial charge in [0, 0.05) is 11.3 Å². The number of rotatable bonds is 4. The number of ether oxygens (including phenoxy) is 1. The van der Waals surface area contributed by atoms with Crippen molar-refractivity contribution in [1.29, 1.82) is 0 Å². The molecule has 0 radical (unpaired) electrons. The second-order valence-electron chi connectivity index (χ2n) is 3.83. The van der Waals surface area contributed by atoms with Crippen LogP contribution in [0.4, 0.5) is 0 Å². The molecular formula is C11H14N2O2S. The first-order valence-electron chi connectivity index (χ1n) is 5.24. The van der Waals surface area contributed by atoms with E-state index >= 15 is 0 Å². The molecule has 0 aliphatic carbocycles. The van der Waals surface area contributed by atoms with Crippen LogP contribution in [0.1, 0.15) is 18.7 Å². The molecule has 2 heterocycles. The summed E-state index contributed by atoms with van der Waals surface area (Å²) in [5.41, 5.74) is 0.708. The van der Waals surface area contributed by atoms with Gasteiger partial charge in [0.1, 0.15) is 4.70 Å². The van der Waals surface area contributed by atoms with Gasteiger partial charge in [-0.2, -0.15) is 0 Å². The minimum absolute atomic E-state index is 0.0639. The van der Waals surface area contributed by atoms with Crippen molar-refractivity contribution in [1.82, 2.24) is 9.97 Å². The molecule has 0 aliphatic heterocycles. The van der Waals surface area contributed by atoms with Gasteiger partial charge in [-0.3, -0.25) is 4.79 Å². The molecule has 5 heteroatoms. The molecule has 0 unspecified atom stereocenters. The van der Waals surface area contributed by atoms with Crippen LogP contribution in [0, 0.1) is 0 Å². The van der Waals surface area contributed by atoms with Crippen molar-refractivity contribution in [3.05, 3.63) is 27.6 Å². The van der Waals surface area contributed by atoms with Crippen molar-refractivity contribution in [2.75, 3.05) is 6.61 Å². The second kappa shape index (κ2) is 4.76. The van der Waals surface area contributed by atoms with Gasteiger partial charge in [-0.15, -0.1) is 11.3 Å². The highest BCUT2D eigenvalue weighted by atomic mass is 32.1. The van der Waals surface area contributed by atoms with Crippen LogP contribution in [0.3, 0.4) is 0 Å². The van der Waals surface area contributed by atoms with Gasteiger partial charge in [0.05, 0.1) is 24.6 Å². The maximum Gasteiger partial charge on any atom is 0.268 e. The van der Waals surface area contributed by atoms with Crippen LogP contribution in [-0.4, -0.2) is 22.7 Å². The number of aromatic nitrogens is 2. The molecule has 4 nitrogen and oxygen atoms in total. The van der Waals surface area contributed by atoms with Gasteiger partial charge in [-0.1, -0.05) is 0 Å². The second-order valence-corrected chi connectivity index (χ2v) is 4.97. The number of thiophene rings is 1. The Bertz CT molecular complexity index is 530. The zero-order chi connectivity index (χ0) is 11.5. The van der Waals surface area contributed by atoms with Crippen LogP contribution in [0.2, 0.25) is 0 Å². The fraction of sp³-hybridized carbons (Fsp3) is 0.455. The summed E-state index contributed by atoms with van der Waals surface area (Å²) in [6.45, 7) is 4.71. The number of H-pyrrole nitrogens is 1. The van der Waals surface area contributed by atoms with Gasteiger partial charge < -0.3 is 9.72 Å². The Labute approximate surface area is 97.3 Å². The van der Waals surface area contributed by atoms with Gasteiger partial charge in [0.15, 0.2) is 0 Å². The lowest BCUT2D eigenvalue weighted by Gasteiger charge is -2.05. The smallest absolute Gasteiger partial charge is 0.268 e. The third kappa shape index (κ3) is 2.48. The Morgan fingerprint density at radius 2 is 2.38 bits per heavy atom. The van der Waals surface area contributed by atoms with E-state index in [1.54, 1.807) is 0 Å². The van der Waals surface area contributed by atoms with Crippen molar-refractivity contribution >= 4 is 21.6 Å². The first-order chi connectivity index (χ1) is 7.66. The molecule has 1 N–H and O–H groups in total. The minimum Gasteiger partial charge on any atom is -0.378 e. The summed E-state index contributed by atoms with van der Waals surface area (Å²) in [7, 11) is 0. The predicted molar refractivity (Wildman–Crippen MR) is 65.0 cm³/mol. The Hall–Kier alpha value is -1.20. The zero-order valence-electron chi connectivity index (χ0n) is 9.32. The molecular weight excluding hydrogens is 224 g/mol. The first-order valence-corrected chi connectivity index (χ1v) is 6.06. The van der Waals surface area contributed by atoms with Gasteiger partial charge in [0.2, 0.25) is 0 Å². The Morgan fingerprint density at radius 3 is 3.06 bits per heavy atom. The maximum atomic E-state index is 11.5. The number of nitrogens with one attached hydrogen (secondary N) is 1. The molecule has 0 amide bonds. The van der Waals surface area contributed by atoms with Gasteiger partial charge >= 0.3 is 0 Å². The predicted octanol–water partition coefficient (Wildman–Crippen LogP) is 1.95. The lowest BCUT2D eigenvalue weighted by atomic mass is 10.3. The monoisotopic (exact) mass is 238 g/mol. The van der Waals surface area contributed by atoms with E-state index < -0.39 is 0 Å². The Balaban J connectivity index is 2.14. The van der Waals surface area contributed by atoms with E-state index in [-0.39, 0.29) is 11.7 Å². The summed E-state index contributed by atoms with van der Waals surface area (Å²) in [5.74, 6) is 0. The normalized spacial score (nSPS) is 11.4. The molecule has 0 saturated heterocycles. The molecule has 2 aromatic heterocycles. The fourth-order valence-corrected chi connectivity index (χ4v) is 2.42. The van der Waals surface area contributed by atoms with E-state index in [1.165, 1.54) is 17.7 Å². The van der Waals surface area contributed by atoms with Crippen LogP contribution >= 0.6 is 11.3 Å². The SMILES string of the molecule is CC(C)OCCc1cc2nc[nH]c(=O)c2s1. The molecule has 0 saturated carbocycles. The largest absolute Gasteiger partial charge is 0.378 e. The zero-order valence-corrected chi connectivity index (χ0v) is 10.1. The summed E-state index contributed by atoms with van der Waals surface area (Å²) < 4.78 is 6.17. The molecule has 2 rings (SSSR count). The standard InChI is InChI=1S/C11H14N2O2S/c1-7(2)15-4-3-8-5-9-10(16-8)11(14)13-6-12-9/h5-7H,3-4H2,1-2H3,(H,12,13,14).